The minimum absolute atomic E-state index is 0.295. The Hall–Kier alpha value is -3.94. The summed E-state index contributed by atoms with van der Waals surface area (Å²) in [6.45, 7) is 5.10. The van der Waals surface area contributed by atoms with Crippen molar-refractivity contribution in [3.8, 4) is 17.2 Å². The average Bonchev–Trinajstić information content (AvgIpc) is 3.24. The maximum atomic E-state index is 12.8. The Labute approximate surface area is 179 Å². The molecule has 2 heterocycles. The molecule has 0 saturated carbocycles. The molecule has 2 aromatic heterocycles. The molecule has 0 saturated heterocycles. The van der Waals surface area contributed by atoms with Crippen molar-refractivity contribution in [1.82, 2.24) is 19.4 Å². The molecule has 0 spiro atoms. The molecule has 0 fully saturated rings. The highest BCUT2D eigenvalue weighted by Crippen LogP contribution is 2.28. The first kappa shape index (κ1) is 20.3. The smallest absolute Gasteiger partial charge is 0.285 e. The number of rotatable bonds is 8. The number of ether oxygens (including phenoxy) is 2. The van der Waals surface area contributed by atoms with Gasteiger partial charge in [-0.05, 0) is 49.2 Å². The van der Waals surface area contributed by atoms with Gasteiger partial charge in [-0.3, -0.25) is 4.79 Å². The summed E-state index contributed by atoms with van der Waals surface area (Å²) in [5.74, 6) is 1.33. The van der Waals surface area contributed by atoms with E-state index in [-0.39, 0.29) is 5.56 Å². The third kappa shape index (κ3) is 4.32. The SMILES string of the molecule is CCCOc1ccc(/C=N\n2cnc3c(cnn3-c3ccccc3)c2=O)cc1OCC. The highest BCUT2D eigenvalue weighted by Gasteiger charge is 2.11. The summed E-state index contributed by atoms with van der Waals surface area (Å²) in [5, 5.41) is 8.99. The van der Waals surface area contributed by atoms with Crippen molar-refractivity contribution in [3.05, 3.63) is 77.0 Å². The van der Waals surface area contributed by atoms with E-state index in [1.54, 1.807) is 10.9 Å². The van der Waals surface area contributed by atoms with E-state index in [0.29, 0.717) is 35.7 Å². The average molecular weight is 417 g/mol. The van der Waals surface area contributed by atoms with Gasteiger partial charge in [0.05, 0.1) is 31.3 Å². The number of nitrogens with zero attached hydrogens (tertiary/aromatic N) is 5. The van der Waals surface area contributed by atoms with Crippen molar-refractivity contribution in [2.24, 2.45) is 5.10 Å². The van der Waals surface area contributed by atoms with E-state index < -0.39 is 0 Å². The zero-order valence-electron chi connectivity index (χ0n) is 17.4. The lowest BCUT2D eigenvalue weighted by atomic mass is 10.2. The van der Waals surface area contributed by atoms with E-state index in [1.807, 2.05) is 62.4 Å². The van der Waals surface area contributed by atoms with Gasteiger partial charge in [-0.15, -0.1) is 0 Å². The first-order chi connectivity index (χ1) is 15.2. The van der Waals surface area contributed by atoms with Gasteiger partial charge < -0.3 is 9.47 Å². The summed E-state index contributed by atoms with van der Waals surface area (Å²) in [4.78, 5) is 17.2. The number of fused-ring (bicyclic) bond motifs is 1. The summed E-state index contributed by atoms with van der Waals surface area (Å²) in [6.07, 6.45) is 5.40. The summed E-state index contributed by atoms with van der Waals surface area (Å²) >= 11 is 0. The molecule has 158 valence electrons. The third-order valence-corrected chi connectivity index (χ3v) is 4.53. The summed E-state index contributed by atoms with van der Waals surface area (Å²) in [7, 11) is 0. The monoisotopic (exact) mass is 417 g/mol. The van der Waals surface area contributed by atoms with Crippen LogP contribution >= 0.6 is 0 Å². The zero-order valence-corrected chi connectivity index (χ0v) is 17.4. The Morgan fingerprint density at radius 2 is 1.90 bits per heavy atom. The van der Waals surface area contributed by atoms with Gasteiger partial charge in [0.25, 0.3) is 5.56 Å². The van der Waals surface area contributed by atoms with Gasteiger partial charge in [0, 0.05) is 0 Å². The van der Waals surface area contributed by atoms with Crippen LogP contribution in [0.5, 0.6) is 11.5 Å². The maximum absolute atomic E-state index is 12.8. The lowest BCUT2D eigenvalue weighted by Gasteiger charge is -2.11. The maximum Gasteiger partial charge on any atom is 0.285 e. The molecule has 0 aliphatic carbocycles. The van der Waals surface area contributed by atoms with Crippen LogP contribution in [0, 0.1) is 0 Å². The number of para-hydroxylation sites is 1. The number of benzene rings is 2. The van der Waals surface area contributed by atoms with E-state index in [9.17, 15) is 4.79 Å². The topological polar surface area (TPSA) is 83.5 Å². The Bertz CT molecular complexity index is 1260. The fourth-order valence-corrected chi connectivity index (χ4v) is 3.08. The lowest BCUT2D eigenvalue weighted by molar-refractivity contribution is 0.277. The Balaban J connectivity index is 1.63. The normalized spacial score (nSPS) is 11.3. The number of hydrogen-bond acceptors (Lipinski definition) is 6. The van der Waals surface area contributed by atoms with Crippen molar-refractivity contribution in [2.45, 2.75) is 20.3 Å². The molecular weight excluding hydrogens is 394 g/mol. The number of hydrogen-bond donors (Lipinski definition) is 0. The van der Waals surface area contributed by atoms with Gasteiger partial charge in [0.15, 0.2) is 17.1 Å². The second-order valence-corrected chi connectivity index (χ2v) is 6.76. The van der Waals surface area contributed by atoms with Crippen LogP contribution in [0.2, 0.25) is 0 Å². The Morgan fingerprint density at radius 1 is 1.06 bits per heavy atom. The molecule has 0 aliphatic heterocycles. The molecule has 4 aromatic rings. The molecule has 0 bridgehead atoms. The summed E-state index contributed by atoms with van der Waals surface area (Å²) < 4.78 is 14.2. The molecule has 2 aromatic carbocycles. The predicted molar refractivity (Wildman–Crippen MR) is 120 cm³/mol. The van der Waals surface area contributed by atoms with Crippen LogP contribution in [0.25, 0.3) is 16.7 Å². The van der Waals surface area contributed by atoms with E-state index in [4.69, 9.17) is 9.47 Å². The molecule has 0 radical (unpaired) electrons. The molecule has 8 nitrogen and oxygen atoms in total. The van der Waals surface area contributed by atoms with Gasteiger partial charge in [-0.1, -0.05) is 25.1 Å². The first-order valence-corrected chi connectivity index (χ1v) is 10.2. The second-order valence-electron chi connectivity index (χ2n) is 6.76. The fraction of sp³-hybridized carbons (Fsp3) is 0.217. The summed E-state index contributed by atoms with van der Waals surface area (Å²) in [5.41, 5.74) is 1.80. The van der Waals surface area contributed by atoms with Crippen LogP contribution in [-0.2, 0) is 0 Å². The molecule has 0 amide bonds. The molecule has 0 unspecified atom stereocenters. The number of aromatic nitrogens is 4. The predicted octanol–water partition coefficient (Wildman–Crippen LogP) is 3.65. The van der Waals surface area contributed by atoms with Crippen LogP contribution in [0.3, 0.4) is 0 Å². The van der Waals surface area contributed by atoms with E-state index in [1.165, 1.54) is 17.2 Å². The van der Waals surface area contributed by atoms with Crippen molar-refractivity contribution in [1.29, 1.82) is 0 Å². The fourth-order valence-electron chi connectivity index (χ4n) is 3.08. The van der Waals surface area contributed by atoms with Crippen molar-refractivity contribution < 1.29 is 9.47 Å². The largest absolute Gasteiger partial charge is 0.490 e. The zero-order chi connectivity index (χ0) is 21.6. The van der Waals surface area contributed by atoms with Gasteiger partial charge >= 0.3 is 0 Å². The van der Waals surface area contributed by atoms with Gasteiger partial charge in [-0.2, -0.15) is 14.9 Å². The Kier molecular flexibility index (Phi) is 6.07. The van der Waals surface area contributed by atoms with Crippen molar-refractivity contribution >= 4 is 17.2 Å². The van der Waals surface area contributed by atoms with Crippen molar-refractivity contribution in [3.63, 3.8) is 0 Å². The van der Waals surface area contributed by atoms with Crippen LogP contribution in [-0.4, -0.2) is 38.9 Å². The molecular formula is C23H23N5O3. The molecule has 0 N–H and O–H groups in total. The van der Waals surface area contributed by atoms with E-state index in [0.717, 1.165) is 17.7 Å². The van der Waals surface area contributed by atoms with Gasteiger partial charge in [-0.25, -0.2) is 9.67 Å². The second kappa shape index (κ2) is 9.25. The molecule has 4 rings (SSSR count). The standard InChI is InChI=1S/C23H23N5O3/c1-3-12-31-20-11-10-17(13-21(20)30-4-2)14-25-27-16-24-22-19(23(27)29)15-26-28(22)18-8-6-5-7-9-18/h5-11,13-16H,3-4,12H2,1-2H3/b25-14-. The minimum Gasteiger partial charge on any atom is -0.490 e. The molecule has 0 aliphatic rings. The molecule has 31 heavy (non-hydrogen) atoms. The first-order valence-electron chi connectivity index (χ1n) is 10.2. The van der Waals surface area contributed by atoms with Gasteiger partial charge in [0.2, 0.25) is 0 Å². The quantitative estimate of drug-likeness (QED) is 0.409. The van der Waals surface area contributed by atoms with E-state index >= 15 is 0 Å². The summed E-state index contributed by atoms with van der Waals surface area (Å²) in [6, 6.07) is 15.1. The molecule has 8 heteroatoms. The van der Waals surface area contributed by atoms with Crippen LogP contribution in [0.1, 0.15) is 25.8 Å². The third-order valence-electron chi connectivity index (χ3n) is 4.53. The Morgan fingerprint density at radius 3 is 2.68 bits per heavy atom. The molecule has 0 atom stereocenters. The lowest BCUT2D eigenvalue weighted by Crippen LogP contribution is -2.17. The van der Waals surface area contributed by atoms with Gasteiger partial charge in [0.1, 0.15) is 11.7 Å². The highest BCUT2D eigenvalue weighted by molar-refractivity contribution is 5.81. The van der Waals surface area contributed by atoms with Crippen LogP contribution in [0.4, 0.5) is 0 Å². The van der Waals surface area contributed by atoms with E-state index in [2.05, 4.69) is 15.2 Å². The minimum atomic E-state index is -0.295. The van der Waals surface area contributed by atoms with Crippen molar-refractivity contribution in [2.75, 3.05) is 13.2 Å². The highest BCUT2D eigenvalue weighted by atomic mass is 16.5. The van der Waals surface area contributed by atoms with Crippen LogP contribution < -0.4 is 15.0 Å². The van der Waals surface area contributed by atoms with Crippen LogP contribution in [0.15, 0.2) is 71.0 Å².